The maximum absolute atomic E-state index is 11.4. The zero-order chi connectivity index (χ0) is 12.1. The first kappa shape index (κ1) is 18.2. The molecule has 1 aromatic rings. The average molecular weight is 306 g/mol. The zero-order valence-corrected chi connectivity index (χ0v) is 12.5. The molecule has 0 saturated carbocycles. The first-order valence-electron chi connectivity index (χ1n) is 6.03. The van der Waals surface area contributed by atoms with Gasteiger partial charge in [0.05, 0.1) is 6.54 Å². The van der Waals surface area contributed by atoms with Crippen LogP contribution in [0.15, 0.2) is 30.3 Å². The van der Waals surface area contributed by atoms with Gasteiger partial charge in [0.2, 0.25) is 5.91 Å². The molecule has 1 heterocycles. The third-order valence-corrected chi connectivity index (χ3v) is 3.15. The van der Waals surface area contributed by atoms with Crippen LogP contribution in [0.1, 0.15) is 5.56 Å². The minimum atomic E-state index is 0. The predicted octanol–water partition coefficient (Wildman–Crippen LogP) is 1.13. The second-order valence-electron chi connectivity index (χ2n) is 4.35. The summed E-state index contributed by atoms with van der Waals surface area (Å²) >= 11 is 0. The van der Waals surface area contributed by atoms with Crippen molar-refractivity contribution in [1.29, 1.82) is 0 Å². The van der Waals surface area contributed by atoms with E-state index in [1.807, 2.05) is 11.0 Å². The molecule has 1 aromatic carbocycles. The Bertz CT molecular complexity index is 367. The molecule has 0 spiro atoms. The molecule has 0 radical (unpaired) electrons. The van der Waals surface area contributed by atoms with Gasteiger partial charge in [0.25, 0.3) is 0 Å². The Morgan fingerprint density at radius 3 is 2.16 bits per heavy atom. The van der Waals surface area contributed by atoms with Gasteiger partial charge in [-0.3, -0.25) is 9.69 Å². The molecule has 1 aliphatic rings. The number of amides is 1. The van der Waals surface area contributed by atoms with E-state index >= 15 is 0 Å². The van der Waals surface area contributed by atoms with Crippen molar-refractivity contribution in [1.82, 2.24) is 9.80 Å². The van der Waals surface area contributed by atoms with E-state index in [1.54, 1.807) is 0 Å². The topological polar surface area (TPSA) is 49.6 Å². The summed E-state index contributed by atoms with van der Waals surface area (Å²) in [6, 6.07) is 10.4. The van der Waals surface area contributed by atoms with Gasteiger partial charge < -0.3 is 10.6 Å². The Labute approximate surface area is 126 Å². The lowest BCUT2D eigenvalue weighted by Crippen LogP contribution is -2.49. The molecule has 1 fully saturated rings. The molecule has 1 saturated heterocycles. The third kappa shape index (κ3) is 5.37. The quantitative estimate of drug-likeness (QED) is 0.911. The summed E-state index contributed by atoms with van der Waals surface area (Å²) in [5, 5.41) is 0. The SMILES string of the molecule is Cl.Cl.NCC(=O)N1CCN(Cc2ccccc2)CC1. The number of nitrogens with zero attached hydrogens (tertiary/aromatic N) is 2. The van der Waals surface area contributed by atoms with E-state index < -0.39 is 0 Å². The number of piperazine rings is 1. The number of rotatable bonds is 3. The van der Waals surface area contributed by atoms with Gasteiger partial charge >= 0.3 is 0 Å². The normalized spacial score (nSPS) is 15.3. The Morgan fingerprint density at radius 1 is 1.05 bits per heavy atom. The van der Waals surface area contributed by atoms with Gasteiger partial charge in [-0.1, -0.05) is 30.3 Å². The van der Waals surface area contributed by atoms with Crippen LogP contribution in [0.2, 0.25) is 0 Å². The molecule has 6 heteroatoms. The van der Waals surface area contributed by atoms with Crippen molar-refractivity contribution in [2.45, 2.75) is 6.54 Å². The number of carbonyl (C=O) groups excluding carboxylic acids is 1. The fourth-order valence-electron chi connectivity index (χ4n) is 2.13. The van der Waals surface area contributed by atoms with Gasteiger partial charge in [0.1, 0.15) is 0 Å². The molecule has 1 aliphatic heterocycles. The largest absolute Gasteiger partial charge is 0.339 e. The van der Waals surface area contributed by atoms with E-state index in [-0.39, 0.29) is 37.3 Å². The monoisotopic (exact) mass is 305 g/mol. The van der Waals surface area contributed by atoms with E-state index in [1.165, 1.54) is 5.56 Å². The molecule has 0 bridgehead atoms. The van der Waals surface area contributed by atoms with Crippen molar-refractivity contribution in [3.05, 3.63) is 35.9 Å². The lowest BCUT2D eigenvalue weighted by Gasteiger charge is -2.34. The lowest BCUT2D eigenvalue weighted by atomic mass is 10.2. The molecule has 0 aliphatic carbocycles. The van der Waals surface area contributed by atoms with E-state index in [0.717, 1.165) is 32.7 Å². The van der Waals surface area contributed by atoms with Gasteiger partial charge in [0.15, 0.2) is 0 Å². The van der Waals surface area contributed by atoms with Crippen LogP contribution in [0.5, 0.6) is 0 Å². The minimum absolute atomic E-state index is 0. The first-order chi connectivity index (χ1) is 8.29. The Morgan fingerprint density at radius 2 is 1.63 bits per heavy atom. The van der Waals surface area contributed by atoms with Crippen LogP contribution in [0.3, 0.4) is 0 Å². The molecule has 0 unspecified atom stereocenters. The predicted molar refractivity (Wildman–Crippen MR) is 81.8 cm³/mol. The van der Waals surface area contributed by atoms with Crippen LogP contribution < -0.4 is 5.73 Å². The number of halogens is 2. The van der Waals surface area contributed by atoms with Crippen LogP contribution in [-0.4, -0.2) is 48.4 Å². The van der Waals surface area contributed by atoms with E-state index in [0.29, 0.717) is 0 Å². The molecule has 108 valence electrons. The van der Waals surface area contributed by atoms with Crippen molar-refractivity contribution in [3.8, 4) is 0 Å². The number of nitrogens with two attached hydrogens (primary N) is 1. The van der Waals surface area contributed by atoms with Gasteiger partial charge in [-0.2, -0.15) is 0 Å². The Kier molecular flexibility index (Phi) is 8.76. The van der Waals surface area contributed by atoms with Crippen molar-refractivity contribution >= 4 is 30.7 Å². The van der Waals surface area contributed by atoms with Gasteiger partial charge in [-0.05, 0) is 5.56 Å². The summed E-state index contributed by atoms with van der Waals surface area (Å²) in [5.74, 6) is 0.0596. The van der Waals surface area contributed by atoms with Gasteiger partial charge in [-0.15, -0.1) is 24.8 Å². The highest BCUT2D eigenvalue weighted by Gasteiger charge is 2.19. The summed E-state index contributed by atoms with van der Waals surface area (Å²) in [7, 11) is 0. The lowest BCUT2D eigenvalue weighted by molar-refractivity contribution is -0.131. The summed E-state index contributed by atoms with van der Waals surface area (Å²) < 4.78 is 0. The van der Waals surface area contributed by atoms with Crippen LogP contribution in [-0.2, 0) is 11.3 Å². The van der Waals surface area contributed by atoms with Gasteiger partial charge in [0, 0.05) is 32.7 Å². The highest BCUT2D eigenvalue weighted by atomic mass is 35.5. The van der Waals surface area contributed by atoms with Crippen molar-refractivity contribution < 1.29 is 4.79 Å². The number of benzene rings is 1. The van der Waals surface area contributed by atoms with E-state index in [2.05, 4.69) is 29.2 Å². The maximum atomic E-state index is 11.4. The fraction of sp³-hybridized carbons (Fsp3) is 0.462. The van der Waals surface area contributed by atoms with Crippen molar-refractivity contribution in [2.75, 3.05) is 32.7 Å². The molecule has 0 aromatic heterocycles. The second-order valence-corrected chi connectivity index (χ2v) is 4.35. The third-order valence-electron chi connectivity index (χ3n) is 3.15. The number of hydrogen-bond donors (Lipinski definition) is 1. The van der Waals surface area contributed by atoms with Gasteiger partial charge in [-0.25, -0.2) is 0 Å². The Hall–Kier alpha value is -0.810. The van der Waals surface area contributed by atoms with Crippen LogP contribution in [0.25, 0.3) is 0 Å². The average Bonchev–Trinajstić information content (AvgIpc) is 2.40. The first-order valence-corrected chi connectivity index (χ1v) is 6.03. The van der Waals surface area contributed by atoms with Crippen molar-refractivity contribution in [2.24, 2.45) is 5.73 Å². The van der Waals surface area contributed by atoms with Crippen LogP contribution in [0, 0.1) is 0 Å². The van der Waals surface area contributed by atoms with E-state index in [4.69, 9.17) is 5.73 Å². The summed E-state index contributed by atoms with van der Waals surface area (Å²) in [6.07, 6.45) is 0. The molecule has 2 N–H and O–H groups in total. The molecular weight excluding hydrogens is 285 g/mol. The zero-order valence-electron chi connectivity index (χ0n) is 10.8. The second kappa shape index (κ2) is 9.15. The molecule has 2 rings (SSSR count). The number of carbonyl (C=O) groups is 1. The standard InChI is InChI=1S/C13H19N3O.2ClH/c14-10-13(17)16-8-6-15(7-9-16)11-12-4-2-1-3-5-12;;/h1-5H,6-11,14H2;2*1H. The summed E-state index contributed by atoms with van der Waals surface area (Å²) in [4.78, 5) is 15.6. The Balaban J connectivity index is 0.00000162. The highest BCUT2D eigenvalue weighted by molar-refractivity contribution is 5.85. The van der Waals surface area contributed by atoms with E-state index in [9.17, 15) is 4.79 Å². The smallest absolute Gasteiger partial charge is 0.236 e. The molecule has 19 heavy (non-hydrogen) atoms. The van der Waals surface area contributed by atoms with Crippen LogP contribution >= 0.6 is 24.8 Å². The molecular formula is C13H21Cl2N3O. The van der Waals surface area contributed by atoms with Crippen LogP contribution in [0.4, 0.5) is 0 Å². The summed E-state index contributed by atoms with van der Waals surface area (Å²) in [6.45, 7) is 4.54. The van der Waals surface area contributed by atoms with Crippen molar-refractivity contribution in [3.63, 3.8) is 0 Å². The molecule has 4 nitrogen and oxygen atoms in total. The highest BCUT2D eigenvalue weighted by Crippen LogP contribution is 2.08. The molecule has 0 atom stereocenters. The maximum Gasteiger partial charge on any atom is 0.236 e. The molecule has 1 amide bonds. The number of hydrogen-bond acceptors (Lipinski definition) is 3. The minimum Gasteiger partial charge on any atom is -0.339 e. The fourth-order valence-corrected chi connectivity index (χ4v) is 2.13. The summed E-state index contributed by atoms with van der Waals surface area (Å²) in [5.41, 5.74) is 6.68.